The number of benzene rings is 2. The van der Waals surface area contributed by atoms with Crippen molar-refractivity contribution < 1.29 is 4.79 Å². The number of anilines is 1. The Morgan fingerprint density at radius 2 is 1.85 bits per heavy atom. The summed E-state index contributed by atoms with van der Waals surface area (Å²) in [5.74, 6) is 0. The number of carbonyl (C=O) groups excluding carboxylic acids is 1. The van der Waals surface area contributed by atoms with Crippen LogP contribution in [-0.2, 0) is 5.54 Å². The first-order valence-corrected chi connectivity index (χ1v) is 7.23. The third kappa shape index (κ3) is 1.83. The van der Waals surface area contributed by atoms with Crippen LogP contribution in [0.3, 0.4) is 0 Å². The Morgan fingerprint density at radius 1 is 1.15 bits per heavy atom. The maximum absolute atomic E-state index is 12.2. The largest absolute Gasteiger partial charge is 0.322 e. The first-order chi connectivity index (χ1) is 9.53. The smallest absolute Gasteiger partial charge is 0.314 e. The molecule has 1 heterocycles. The summed E-state index contributed by atoms with van der Waals surface area (Å²) in [5.41, 5.74) is 2.56. The molecule has 1 unspecified atom stereocenters. The van der Waals surface area contributed by atoms with Gasteiger partial charge in [0.2, 0.25) is 0 Å². The molecule has 0 saturated heterocycles. The lowest BCUT2D eigenvalue weighted by atomic mass is 9.81. The van der Waals surface area contributed by atoms with Crippen LogP contribution in [0.2, 0.25) is 0 Å². The van der Waals surface area contributed by atoms with Crippen molar-refractivity contribution in [1.29, 1.82) is 0 Å². The minimum absolute atomic E-state index is 0.0915. The van der Waals surface area contributed by atoms with E-state index < -0.39 is 5.54 Å². The van der Waals surface area contributed by atoms with Gasteiger partial charge in [-0.05, 0) is 30.7 Å². The second-order valence-corrected chi connectivity index (χ2v) is 6.03. The van der Waals surface area contributed by atoms with E-state index in [1.807, 2.05) is 37.4 Å². The zero-order chi connectivity index (χ0) is 14.3. The fourth-order valence-electron chi connectivity index (χ4n) is 2.72. The molecule has 0 bridgehead atoms. The average Bonchev–Trinajstić information content (AvgIpc) is 2.47. The minimum atomic E-state index is -0.483. The molecule has 0 aromatic heterocycles. The van der Waals surface area contributed by atoms with E-state index in [4.69, 9.17) is 0 Å². The van der Waals surface area contributed by atoms with Crippen LogP contribution in [0.25, 0.3) is 0 Å². The third-order valence-electron chi connectivity index (χ3n) is 4.06. The van der Waals surface area contributed by atoms with E-state index in [0.29, 0.717) is 0 Å². The van der Waals surface area contributed by atoms with Crippen LogP contribution in [0.4, 0.5) is 10.5 Å². The zero-order valence-electron chi connectivity index (χ0n) is 11.4. The Labute approximate surface area is 126 Å². The summed E-state index contributed by atoms with van der Waals surface area (Å²) in [6, 6.07) is 15.9. The summed E-state index contributed by atoms with van der Waals surface area (Å²) < 4.78 is 1.00. The molecule has 4 heteroatoms. The molecule has 2 aromatic rings. The van der Waals surface area contributed by atoms with Crippen molar-refractivity contribution in [3.63, 3.8) is 0 Å². The van der Waals surface area contributed by atoms with Gasteiger partial charge in [-0.1, -0.05) is 46.3 Å². The first-order valence-electron chi connectivity index (χ1n) is 6.44. The van der Waals surface area contributed by atoms with Gasteiger partial charge in [0, 0.05) is 22.8 Å². The van der Waals surface area contributed by atoms with Crippen molar-refractivity contribution in [1.82, 2.24) is 4.90 Å². The molecular formula is C16H15BrN2O. The molecule has 102 valence electrons. The molecular weight excluding hydrogens is 316 g/mol. The molecule has 1 atom stereocenters. The average molecular weight is 331 g/mol. The van der Waals surface area contributed by atoms with Gasteiger partial charge in [-0.2, -0.15) is 0 Å². The van der Waals surface area contributed by atoms with E-state index in [1.54, 1.807) is 4.90 Å². The van der Waals surface area contributed by atoms with Crippen molar-refractivity contribution >= 4 is 27.6 Å². The van der Waals surface area contributed by atoms with Crippen molar-refractivity contribution in [2.45, 2.75) is 12.5 Å². The maximum atomic E-state index is 12.2. The Hall–Kier alpha value is -1.81. The third-order valence-corrected chi connectivity index (χ3v) is 4.55. The number of amides is 2. The number of hydrogen-bond donors (Lipinski definition) is 1. The number of carbonyl (C=O) groups is 1. The van der Waals surface area contributed by atoms with Gasteiger partial charge < -0.3 is 10.2 Å². The molecule has 0 spiro atoms. The summed E-state index contributed by atoms with van der Waals surface area (Å²) in [6.07, 6.45) is 0. The Kier molecular flexibility index (Phi) is 3.05. The fraction of sp³-hybridized carbons (Fsp3) is 0.188. The molecule has 0 aliphatic carbocycles. The van der Waals surface area contributed by atoms with Crippen molar-refractivity contribution in [2.24, 2.45) is 0 Å². The number of nitrogens with zero attached hydrogens (tertiary/aromatic N) is 1. The normalized spacial score (nSPS) is 21.4. The van der Waals surface area contributed by atoms with E-state index in [9.17, 15) is 4.79 Å². The number of nitrogens with one attached hydrogen (secondary N) is 1. The van der Waals surface area contributed by atoms with Crippen LogP contribution in [-0.4, -0.2) is 18.0 Å². The van der Waals surface area contributed by atoms with Crippen LogP contribution in [0.5, 0.6) is 0 Å². The highest BCUT2D eigenvalue weighted by Gasteiger charge is 2.41. The predicted octanol–water partition coefficient (Wildman–Crippen LogP) is 4.19. The Morgan fingerprint density at radius 3 is 2.55 bits per heavy atom. The standard InChI is InChI=1S/C16H15BrN2O/c1-16(11-6-4-3-5-7-11)13-10-12(17)8-9-14(13)18-15(20)19(16)2/h3-10H,1-2H3,(H,18,20). The second-order valence-electron chi connectivity index (χ2n) is 5.12. The molecule has 3 nitrogen and oxygen atoms in total. The number of halogens is 1. The molecule has 0 radical (unpaired) electrons. The van der Waals surface area contributed by atoms with E-state index in [0.717, 1.165) is 21.3 Å². The van der Waals surface area contributed by atoms with Crippen molar-refractivity contribution in [3.8, 4) is 0 Å². The lowest BCUT2D eigenvalue weighted by Gasteiger charge is -2.44. The number of hydrogen-bond acceptors (Lipinski definition) is 1. The van der Waals surface area contributed by atoms with Gasteiger partial charge in [0.25, 0.3) is 0 Å². The highest BCUT2D eigenvalue weighted by Crippen LogP contribution is 2.42. The van der Waals surface area contributed by atoms with Crippen LogP contribution >= 0.6 is 15.9 Å². The van der Waals surface area contributed by atoms with Crippen LogP contribution in [0.15, 0.2) is 53.0 Å². The van der Waals surface area contributed by atoms with E-state index >= 15 is 0 Å². The summed E-state index contributed by atoms with van der Waals surface area (Å²) >= 11 is 3.52. The minimum Gasteiger partial charge on any atom is -0.314 e. The number of fused-ring (bicyclic) bond motifs is 1. The molecule has 2 aromatic carbocycles. The summed E-state index contributed by atoms with van der Waals surface area (Å²) in [6.45, 7) is 2.08. The molecule has 1 N–H and O–H groups in total. The van der Waals surface area contributed by atoms with Crippen LogP contribution < -0.4 is 5.32 Å². The highest BCUT2D eigenvalue weighted by atomic mass is 79.9. The second kappa shape index (κ2) is 4.63. The summed E-state index contributed by atoms with van der Waals surface area (Å²) in [5, 5.41) is 2.93. The summed E-state index contributed by atoms with van der Waals surface area (Å²) in [7, 11) is 1.83. The topological polar surface area (TPSA) is 32.3 Å². The molecule has 0 saturated carbocycles. The molecule has 1 aliphatic heterocycles. The lowest BCUT2D eigenvalue weighted by Crippen LogP contribution is -2.51. The summed E-state index contributed by atoms with van der Waals surface area (Å²) in [4.78, 5) is 14.0. The van der Waals surface area contributed by atoms with Gasteiger partial charge in [-0.3, -0.25) is 0 Å². The van der Waals surface area contributed by atoms with Gasteiger partial charge in [-0.25, -0.2) is 4.79 Å². The lowest BCUT2D eigenvalue weighted by molar-refractivity contribution is 0.175. The molecule has 3 rings (SSSR count). The SMILES string of the molecule is CN1C(=O)Nc2ccc(Br)cc2C1(C)c1ccccc1. The maximum Gasteiger partial charge on any atom is 0.322 e. The quantitative estimate of drug-likeness (QED) is 0.835. The van der Waals surface area contributed by atoms with Gasteiger partial charge in [0.05, 0.1) is 5.54 Å². The Balaban J connectivity index is 2.28. The van der Waals surface area contributed by atoms with Gasteiger partial charge in [0.15, 0.2) is 0 Å². The molecule has 20 heavy (non-hydrogen) atoms. The molecule has 0 fully saturated rings. The van der Waals surface area contributed by atoms with Gasteiger partial charge in [0.1, 0.15) is 0 Å². The number of urea groups is 1. The molecule has 1 aliphatic rings. The van der Waals surface area contributed by atoms with E-state index in [1.165, 1.54) is 0 Å². The monoisotopic (exact) mass is 330 g/mol. The van der Waals surface area contributed by atoms with Gasteiger partial charge >= 0.3 is 6.03 Å². The van der Waals surface area contributed by atoms with E-state index in [2.05, 4.69) is 46.4 Å². The van der Waals surface area contributed by atoms with E-state index in [-0.39, 0.29) is 6.03 Å². The predicted molar refractivity (Wildman–Crippen MR) is 83.8 cm³/mol. The van der Waals surface area contributed by atoms with Crippen LogP contribution in [0, 0.1) is 0 Å². The van der Waals surface area contributed by atoms with Crippen molar-refractivity contribution in [2.75, 3.05) is 12.4 Å². The number of rotatable bonds is 1. The van der Waals surface area contributed by atoms with Crippen LogP contribution in [0.1, 0.15) is 18.1 Å². The van der Waals surface area contributed by atoms with Gasteiger partial charge in [-0.15, -0.1) is 0 Å². The fourth-order valence-corrected chi connectivity index (χ4v) is 3.08. The highest BCUT2D eigenvalue weighted by molar-refractivity contribution is 9.10. The van der Waals surface area contributed by atoms with Crippen molar-refractivity contribution in [3.05, 3.63) is 64.1 Å². The molecule has 2 amide bonds. The Bertz CT molecular complexity index is 671. The zero-order valence-corrected chi connectivity index (χ0v) is 12.9. The first kappa shape index (κ1) is 13.2.